The van der Waals surface area contributed by atoms with Crippen LogP contribution in [0.4, 0.5) is 5.69 Å². The monoisotopic (exact) mass is 417 g/mol. The molecule has 2 aliphatic heterocycles. The molecular weight excluding hydrogens is 390 g/mol. The number of halogens is 1. The summed E-state index contributed by atoms with van der Waals surface area (Å²) < 4.78 is 10.9. The highest BCUT2D eigenvalue weighted by Gasteiger charge is 2.26. The highest BCUT2D eigenvalue weighted by molar-refractivity contribution is 6.34. The Morgan fingerprint density at radius 2 is 1.76 bits per heavy atom. The lowest BCUT2D eigenvalue weighted by atomic mass is 10.1. The number of fused-ring (bicyclic) bond motifs is 1. The van der Waals surface area contributed by atoms with E-state index in [-0.39, 0.29) is 5.91 Å². The molecule has 6 nitrogen and oxygen atoms in total. The number of benzene rings is 2. The van der Waals surface area contributed by atoms with E-state index in [1.54, 1.807) is 0 Å². The van der Waals surface area contributed by atoms with E-state index in [9.17, 15) is 4.79 Å². The molecule has 3 N–H and O–H groups in total. The van der Waals surface area contributed by atoms with E-state index in [2.05, 4.69) is 17.4 Å². The number of quaternary nitrogens is 2. The van der Waals surface area contributed by atoms with Crippen molar-refractivity contribution in [3.63, 3.8) is 0 Å². The van der Waals surface area contributed by atoms with Crippen LogP contribution in [0.2, 0.25) is 5.02 Å². The Balaban J connectivity index is 1.26. The number of aryl methyl sites for hydroxylation is 2. The van der Waals surface area contributed by atoms with E-state index >= 15 is 0 Å². The average Bonchev–Trinajstić information content (AvgIpc) is 3.14. The van der Waals surface area contributed by atoms with Gasteiger partial charge in [0.2, 0.25) is 6.79 Å². The Kier molecular flexibility index (Phi) is 5.94. The van der Waals surface area contributed by atoms with Crippen molar-refractivity contribution in [2.24, 2.45) is 0 Å². The molecule has 2 aromatic carbocycles. The molecule has 0 atom stereocenters. The van der Waals surface area contributed by atoms with Crippen molar-refractivity contribution in [2.45, 2.75) is 20.4 Å². The lowest BCUT2D eigenvalue weighted by Crippen LogP contribution is -3.28. The minimum Gasteiger partial charge on any atom is -0.454 e. The van der Waals surface area contributed by atoms with E-state index in [1.165, 1.54) is 15.4 Å². The largest absolute Gasteiger partial charge is 0.454 e. The normalized spacial score (nSPS) is 20.5. The maximum Gasteiger partial charge on any atom is 0.279 e. The summed E-state index contributed by atoms with van der Waals surface area (Å²) in [7, 11) is 0. The summed E-state index contributed by atoms with van der Waals surface area (Å²) in [6, 6.07) is 10.1. The third-order valence-electron chi connectivity index (χ3n) is 5.66. The Labute approximate surface area is 176 Å². The van der Waals surface area contributed by atoms with Crippen LogP contribution < -0.4 is 24.6 Å². The van der Waals surface area contributed by atoms with Crippen LogP contribution in [0.15, 0.2) is 30.3 Å². The number of hydrogen-bond acceptors (Lipinski definition) is 3. The second-order valence-electron chi connectivity index (χ2n) is 8.03. The molecule has 7 heteroatoms. The van der Waals surface area contributed by atoms with Gasteiger partial charge in [-0.25, -0.2) is 0 Å². The highest BCUT2D eigenvalue weighted by atomic mass is 35.5. The number of anilines is 1. The minimum absolute atomic E-state index is 0.0214. The molecule has 0 unspecified atom stereocenters. The molecule has 29 heavy (non-hydrogen) atoms. The fourth-order valence-electron chi connectivity index (χ4n) is 4.13. The number of hydrogen-bond donors (Lipinski definition) is 3. The zero-order valence-electron chi connectivity index (χ0n) is 16.9. The molecule has 0 radical (unpaired) electrons. The summed E-state index contributed by atoms with van der Waals surface area (Å²) in [6.45, 7) is 9.77. The van der Waals surface area contributed by atoms with Crippen LogP contribution in [0.3, 0.4) is 0 Å². The van der Waals surface area contributed by atoms with Gasteiger partial charge in [-0.3, -0.25) is 4.79 Å². The SMILES string of the molecule is Cc1cc(C)c(NC(=O)C[NH+]2CC[NH+](Cc3ccc4c(c3)OCO4)CC2)c(Cl)c1. The number of amides is 1. The Bertz CT molecular complexity index is 887. The topological polar surface area (TPSA) is 56.4 Å². The van der Waals surface area contributed by atoms with Gasteiger partial charge in [-0.1, -0.05) is 17.7 Å². The molecule has 2 aromatic rings. The molecule has 1 fully saturated rings. The van der Waals surface area contributed by atoms with Gasteiger partial charge in [0.1, 0.15) is 32.7 Å². The van der Waals surface area contributed by atoms with Crippen LogP contribution in [0, 0.1) is 13.8 Å². The van der Waals surface area contributed by atoms with Gasteiger partial charge in [-0.05, 0) is 49.2 Å². The third-order valence-corrected chi connectivity index (χ3v) is 5.96. The maximum atomic E-state index is 12.5. The molecular formula is C22H28ClN3O3+2. The molecule has 0 aromatic heterocycles. The van der Waals surface area contributed by atoms with Crippen molar-refractivity contribution in [1.82, 2.24) is 0 Å². The molecule has 0 spiro atoms. The zero-order chi connectivity index (χ0) is 20.4. The molecule has 1 saturated heterocycles. The van der Waals surface area contributed by atoms with Crippen molar-refractivity contribution in [1.29, 1.82) is 0 Å². The summed E-state index contributed by atoms with van der Waals surface area (Å²) in [5, 5.41) is 3.60. The van der Waals surface area contributed by atoms with Crippen LogP contribution in [-0.2, 0) is 11.3 Å². The van der Waals surface area contributed by atoms with Crippen LogP contribution in [0.25, 0.3) is 0 Å². The fourth-order valence-corrected chi connectivity index (χ4v) is 4.50. The van der Waals surface area contributed by atoms with Gasteiger partial charge in [0.25, 0.3) is 5.91 Å². The van der Waals surface area contributed by atoms with Crippen molar-refractivity contribution < 1.29 is 24.1 Å². The summed E-state index contributed by atoms with van der Waals surface area (Å²) in [5.74, 6) is 1.69. The first-order valence-electron chi connectivity index (χ1n) is 10.1. The van der Waals surface area contributed by atoms with E-state index in [0.717, 1.165) is 61.0 Å². The smallest absolute Gasteiger partial charge is 0.279 e. The van der Waals surface area contributed by atoms with Gasteiger partial charge in [-0.2, -0.15) is 0 Å². The molecule has 0 saturated carbocycles. The third kappa shape index (κ3) is 4.83. The van der Waals surface area contributed by atoms with Crippen LogP contribution in [0.1, 0.15) is 16.7 Å². The lowest BCUT2D eigenvalue weighted by molar-refractivity contribution is -1.02. The highest BCUT2D eigenvalue weighted by Crippen LogP contribution is 2.32. The predicted molar refractivity (Wildman–Crippen MR) is 112 cm³/mol. The molecule has 0 aliphatic carbocycles. The first-order valence-corrected chi connectivity index (χ1v) is 10.5. The first kappa shape index (κ1) is 20.0. The number of piperazine rings is 1. The molecule has 2 heterocycles. The van der Waals surface area contributed by atoms with Crippen molar-refractivity contribution >= 4 is 23.2 Å². The van der Waals surface area contributed by atoms with Gasteiger partial charge in [0.15, 0.2) is 18.0 Å². The number of carbonyl (C=O) groups excluding carboxylic acids is 1. The van der Waals surface area contributed by atoms with Crippen molar-refractivity contribution in [3.05, 3.63) is 52.0 Å². The van der Waals surface area contributed by atoms with Crippen molar-refractivity contribution in [2.75, 3.05) is 44.8 Å². The van der Waals surface area contributed by atoms with E-state index in [4.69, 9.17) is 21.1 Å². The standard InChI is InChI=1S/C22H26ClN3O3/c1-15-9-16(2)22(18(23)10-15)24-21(27)13-26-7-5-25(6-8-26)12-17-3-4-19-20(11-17)29-14-28-19/h3-4,9-11H,5-8,12-14H2,1-2H3,(H,24,27)/p+2. The summed E-state index contributed by atoms with van der Waals surface area (Å²) in [6.07, 6.45) is 0. The lowest BCUT2D eigenvalue weighted by Gasteiger charge is -2.29. The molecule has 1 amide bonds. The molecule has 0 bridgehead atoms. The average molecular weight is 418 g/mol. The summed E-state index contributed by atoms with van der Waals surface area (Å²) in [4.78, 5) is 15.4. The molecule has 154 valence electrons. The Morgan fingerprint density at radius 3 is 2.52 bits per heavy atom. The quantitative estimate of drug-likeness (QED) is 0.668. The Morgan fingerprint density at radius 1 is 1.03 bits per heavy atom. The van der Waals surface area contributed by atoms with Gasteiger partial charge in [0.05, 0.1) is 10.7 Å². The van der Waals surface area contributed by atoms with Crippen LogP contribution >= 0.6 is 11.6 Å². The van der Waals surface area contributed by atoms with Gasteiger partial charge in [0, 0.05) is 5.56 Å². The second kappa shape index (κ2) is 8.61. The van der Waals surface area contributed by atoms with E-state index in [1.807, 2.05) is 32.0 Å². The van der Waals surface area contributed by atoms with Crippen molar-refractivity contribution in [3.8, 4) is 11.5 Å². The number of nitrogens with one attached hydrogen (secondary N) is 3. The first-order chi connectivity index (χ1) is 14.0. The van der Waals surface area contributed by atoms with Gasteiger partial charge in [-0.15, -0.1) is 0 Å². The number of rotatable bonds is 5. The minimum atomic E-state index is 0.0214. The number of ether oxygens (including phenoxy) is 2. The van der Waals surface area contributed by atoms with Crippen LogP contribution in [0.5, 0.6) is 11.5 Å². The number of carbonyl (C=O) groups is 1. The van der Waals surface area contributed by atoms with Gasteiger partial charge < -0.3 is 24.6 Å². The second-order valence-corrected chi connectivity index (χ2v) is 8.44. The summed E-state index contributed by atoms with van der Waals surface area (Å²) in [5.41, 5.74) is 4.08. The van der Waals surface area contributed by atoms with Gasteiger partial charge >= 0.3 is 0 Å². The van der Waals surface area contributed by atoms with Crippen LogP contribution in [-0.4, -0.2) is 45.4 Å². The zero-order valence-corrected chi connectivity index (χ0v) is 17.7. The van der Waals surface area contributed by atoms with E-state index < -0.39 is 0 Å². The molecule has 4 rings (SSSR count). The Hall–Kier alpha value is -2.28. The maximum absolute atomic E-state index is 12.5. The molecule has 2 aliphatic rings. The predicted octanol–water partition coefficient (Wildman–Crippen LogP) is 0.608. The summed E-state index contributed by atoms with van der Waals surface area (Å²) >= 11 is 6.31. The van der Waals surface area contributed by atoms with E-state index in [0.29, 0.717) is 18.4 Å². The fraction of sp³-hybridized carbons (Fsp3) is 0.409.